The minimum Gasteiger partial charge on any atom is -0.414 e. The van der Waals surface area contributed by atoms with Crippen LogP contribution >= 0.6 is 0 Å². The van der Waals surface area contributed by atoms with Gasteiger partial charge in [0.25, 0.3) is 0 Å². The summed E-state index contributed by atoms with van der Waals surface area (Å²) < 4.78 is 6.18. The van der Waals surface area contributed by atoms with Gasteiger partial charge in [-0.05, 0) is 55.3 Å². The Morgan fingerprint density at radius 1 is 1.05 bits per heavy atom. The normalized spacial score (nSPS) is 13.7. The van der Waals surface area contributed by atoms with E-state index in [0.29, 0.717) is 6.10 Å². The molecule has 21 heavy (non-hydrogen) atoms. The molecular formula is C18H31O2Si. The standard InChI is InChI=1S/C18H31O2Si/c1-18(2,3)17(20-21(4)5)8-6-7-15-9-11-16(12-10-15)13-14-19/h9-12,17,19H,6-8,13-14H2,1-5H3. The summed E-state index contributed by atoms with van der Waals surface area (Å²) in [6, 6.07) is 8.63. The van der Waals surface area contributed by atoms with E-state index in [4.69, 9.17) is 9.53 Å². The van der Waals surface area contributed by atoms with Crippen LogP contribution in [0.15, 0.2) is 24.3 Å². The molecule has 0 saturated carbocycles. The Labute approximate surface area is 132 Å². The monoisotopic (exact) mass is 307 g/mol. The van der Waals surface area contributed by atoms with Crippen LogP contribution in [-0.2, 0) is 17.3 Å². The molecule has 0 saturated heterocycles. The van der Waals surface area contributed by atoms with Crippen molar-refractivity contribution in [1.82, 2.24) is 0 Å². The van der Waals surface area contributed by atoms with Crippen LogP contribution in [0, 0.1) is 5.41 Å². The molecule has 2 nitrogen and oxygen atoms in total. The third-order valence-corrected chi connectivity index (χ3v) is 4.46. The third kappa shape index (κ3) is 7.25. The Morgan fingerprint density at radius 2 is 1.57 bits per heavy atom. The second-order valence-corrected chi connectivity index (χ2v) is 9.12. The average molecular weight is 308 g/mol. The number of benzene rings is 1. The number of aryl methyl sites for hydroxylation is 1. The van der Waals surface area contributed by atoms with Gasteiger partial charge in [0.1, 0.15) is 0 Å². The fraction of sp³-hybridized carbons (Fsp3) is 0.667. The third-order valence-electron chi connectivity index (χ3n) is 3.70. The first-order chi connectivity index (χ1) is 9.82. The molecule has 0 aliphatic heterocycles. The lowest BCUT2D eigenvalue weighted by Crippen LogP contribution is -2.33. The maximum Gasteiger partial charge on any atom is 0.205 e. The van der Waals surface area contributed by atoms with Gasteiger partial charge in [0.15, 0.2) is 0 Å². The summed E-state index contributed by atoms with van der Waals surface area (Å²) in [5.74, 6) is 0. The topological polar surface area (TPSA) is 29.5 Å². The Hall–Kier alpha value is -0.643. The van der Waals surface area contributed by atoms with Crippen LogP contribution in [0.2, 0.25) is 13.1 Å². The van der Waals surface area contributed by atoms with Gasteiger partial charge in [-0.1, -0.05) is 45.0 Å². The second kappa shape index (κ2) is 8.72. The molecule has 0 spiro atoms. The molecule has 1 atom stereocenters. The second-order valence-electron chi connectivity index (χ2n) is 7.06. The van der Waals surface area contributed by atoms with Gasteiger partial charge in [0.05, 0.1) is 0 Å². The predicted molar refractivity (Wildman–Crippen MR) is 92.0 cm³/mol. The molecule has 0 bridgehead atoms. The molecule has 1 N–H and O–H groups in total. The van der Waals surface area contributed by atoms with Gasteiger partial charge in [-0.15, -0.1) is 0 Å². The lowest BCUT2D eigenvalue weighted by Gasteiger charge is -2.32. The van der Waals surface area contributed by atoms with Crippen LogP contribution in [0.4, 0.5) is 0 Å². The van der Waals surface area contributed by atoms with Crippen LogP contribution in [0.1, 0.15) is 44.7 Å². The van der Waals surface area contributed by atoms with Crippen molar-refractivity contribution in [3.05, 3.63) is 35.4 Å². The van der Waals surface area contributed by atoms with E-state index in [9.17, 15) is 0 Å². The van der Waals surface area contributed by atoms with Crippen molar-refractivity contribution < 1.29 is 9.53 Å². The largest absolute Gasteiger partial charge is 0.414 e. The number of aliphatic hydroxyl groups is 1. The molecular weight excluding hydrogens is 276 g/mol. The maximum absolute atomic E-state index is 8.93. The Balaban J connectivity index is 2.46. The molecule has 1 radical (unpaired) electrons. The molecule has 119 valence electrons. The van der Waals surface area contributed by atoms with Crippen LogP contribution in [0.3, 0.4) is 0 Å². The average Bonchev–Trinajstić information content (AvgIpc) is 2.38. The van der Waals surface area contributed by atoms with E-state index in [1.807, 2.05) is 0 Å². The highest BCUT2D eigenvalue weighted by molar-refractivity contribution is 6.48. The van der Waals surface area contributed by atoms with Gasteiger partial charge >= 0.3 is 0 Å². The maximum atomic E-state index is 8.93. The number of aliphatic hydroxyl groups excluding tert-OH is 1. The van der Waals surface area contributed by atoms with Crippen LogP contribution < -0.4 is 0 Å². The highest BCUT2D eigenvalue weighted by Crippen LogP contribution is 2.27. The van der Waals surface area contributed by atoms with Crippen molar-refractivity contribution in [3.8, 4) is 0 Å². The van der Waals surface area contributed by atoms with E-state index >= 15 is 0 Å². The van der Waals surface area contributed by atoms with Crippen molar-refractivity contribution in [2.45, 2.75) is 65.7 Å². The van der Waals surface area contributed by atoms with Crippen molar-refractivity contribution in [1.29, 1.82) is 0 Å². The number of hydrogen-bond acceptors (Lipinski definition) is 2. The highest BCUT2D eigenvalue weighted by atomic mass is 28.3. The van der Waals surface area contributed by atoms with Gasteiger partial charge < -0.3 is 9.53 Å². The zero-order valence-corrected chi connectivity index (χ0v) is 15.3. The molecule has 1 rings (SSSR count). The Morgan fingerprint density at radius 3 is 2.00 bits per heavy atom. The summed E-state index contributed by atoms with van der Waals surface area (Å²) in [5, 5.41) is 8.93. The van der Waals surface area contributed by atoms with E-state index in [1.165, 1.54) is 11.1 Å². The summed E-state index contributed by atoms with van der Waals surface area (Å²) in [7, 11) is -0.645. The van der Waals surface area contributed by atoms with Gasteiger partial charge in [0.2, 0.25) is 9.04 Å². The summed E-state index contributed by atoms with van der Waals surface area (Å²) in [6.07, 6.45) is 4.49. The molecule has 3 heteroatoms. The number of hydrogen-bond donors (Lipinski definition) is 1. The predicted octanol–water partition coefficient (Wildman–Crippen LogP) is 4.23. The quantitative estimate of drug-likeness (QED) is 0.728. The van der Waals surface area contributed by atoms with Gasteiger partial charge in [-0.25, -0.2) is 0 Å². The van der Waals surface area contributed by atoms with Crippen molar-refractivity contribution in [2.75, 3.05) is 6.61 Å². The van der Waals surface area contributed by atoms with Gasteiger partial charge in [-0.3, -0.25) is 0 Å². The lowest BCUT2D eigenvalue weighted by molar-refractivity contribution is 0.0767. The molecule has 0 aliphatic carbocycles. The first-order valence-electron chi connectivity index (χ1n) is 7.98. The lowest BCUT2D eigenvalue weighted by atomic mass is 9.86. The summed E-state index contributed by atoms with van der Waals surface area (Å²) >= 11 is 0. The van der Waals surface area contributed by atoms with Crippen molar-refractivity contribution in [3.63, 3.8) is 0 Å². The smallest absolute Gasteiger partial charge is 0.205 e. The SMILES string of the molecule is C[Si](C)OC(CCCc1ccc(CCO)cc1)C(C)(C)C. The fourth-order valence-electron chi connectivity index (χ4n) is 2.45. The number of rotatable bonds is 8. The molecule has 1 aromatic carbocycles. The molecule has 1 aromatic rings. The van der Waals surface area contributed by atoms with Crippen molar-refractivity contribution >= 4 is 9.04 Å². The Bertz CT molecular complexity index is 393. The van der Waals surface area contributed by atoms with E-state index < -0.39 is 9.04 Å². The minimum atomic E-state index is -0.645. The zero-order valence-electron chi connectivity index (χ0n) is 14.3. The van der Waals surface area contributed by atoms with Crippen LogP contribution in [0.25, 0.3) is 0 Å². The van der Waals surface area contributed by atoms with E-state index in [2.05, 4.69) is 58.1 Å². The van der Waals surface area contributed by atoms with E-state index in [-0.39, 0.29) is 12.0 Å². The molecule has 1 unspecified atom stereocenters. The van der Waals surface area contributed by atoms with Gasteiger partial charge in [0, 0.05) is 12.7 Å². The van der Waals surface area contributed by atoms with Crippen LogP contribution in [-0.4, -0.2) is 26.9 Å². The molecule has 0 fully saturated rings. The first kappa shape index (κ1) is 18.4. The molecule has 0 heterocycles. The highest BCUT2D eigenvalue weighted by Gasteiger charge is 2.25. The summed E-state index contributed by atoms with van der Waals surface area (Å²) in [4.78, 5) is 0. The van der Waals surface area contributed by atoms with Crippen LogP contribution in [0.5, 0.6) is 0 Å². The molecule has 0 aromatic heterocycles. The van der Waals surface area contributed by atoms with E-state index in [0.717, 1.165) is 25.7 Å². The van der Waals surface area contributed by atoms with Crippen molar-refractivity contribution in [2.24, 2.45) is 5.41 Å². The van der Waals surface area contributed by atoms with E-state index in [1.54, 1.807) is 0 Å². The van der Waals surface area contributed by atoms with Gasteiger partial charge in [-0.2, -0.15) is 0 Å². The fourth-order valence-corrected chi connectivity index (χ4v) is 3.49. The molecule has 0 amide bonds. The Kier molecular flexibility index (Phi) is 7.64. The first-order valence-corrected chi connectivity index (χ1v) is 10.4. The zero-order chi connectivity index (χ0) is 15.9. The summed E-state index contributed by atoms with van der Waals surface area (Å²) in [6.45, 7) is 11.5. The molecule has 0 aliphatic rings. The summed E-state index contributed by atoms with van der Waals surface area (Å²) in [5.41, 5.74) is 2.80. The minimum absolute atomic E-state index is 0.215.